The minimum absolute atomic E-state index is 0.508. The largest absolute Gasteiger partial charge is 0.472 e. The lowest BCUT2D eigenvalue weighted by Gasteiger charge is -2.30. The Morgan fingerprint density at radius 2 is 1.92 bits per heavy atom. The second kappa shape index (κ2) is 7.46. The highest BCUT2D eigenvalue weighted by molar-refractivity contribution is 6.31. The molecule has 0 radical (unpaired) electrons. The van der Waals surface area contributed by atoms with Crippen LogP contribution in [0.25, 0.3) is 10.9 Å². The van der Waals surface area contributed by atoms with Gasteiger partial charge in [-0.3, -0.25) is 4.98 Å². The molecule has 1 aliphatic rings. The van der Waals surface area contributed by atoms with Crippen LogP contribution in [0.1, 0.15) is 31.2 Å². The molecule has 5 heteroatoms. The van der Waals surface area contributed by atoms with E-state index in [-0.39, 0.29) is 0 Å². The number of hydrogen-bond acceptors (Lipinski definition) is 4. The number of nitrogens with one attached hydrogen (secondary N) is 2. The predicted octanol–water partition coefficient (Wildman–Crippen LogP) is 4.99. The zero-order valence-corrected chi connectivity index (χ0v) is 14.8. The van der Waals surface area contributed by atoms with E-state index in [1.54, 1.807) is 12.5 Å². The predicted molar refractivity (Wildman–Crippen MR) is 102 cm³/mol. The molecule has 0 bridgehead atoms. The first-order valence-electron chi connectivity index (χ1n) is 8.83. The van der Waals surface area contributed by atoms with Gasteiger partial charge >= 0.3 is 0 Å². The number of rotatable bonds is 5. The van der Waals surface area contributed by atoms with Crippen LogP contribution in [-0.4, -0.2) is 17.1 Å². The van der Waals surface area contributed by atoms with Gasteiger partial charge in [-0.1, -0.05) is 11.6 Å². The monoisotopic (exact) mass is 355 g/mol. The lowest BCUT2D eigenvalue weighted by Crippen LogP contribution is -2.36. The third kappa shape index (κ3) is 3.97. The van der Waals surface area contributed by atoms with Gasteiger partial charge in [0.25, 0.3) is 0 Å². The summed E-state index contributed by atoms with van der Waals surface area (Å²) in [5.41, 5.74) is 3.30. The Bertz CT molecular complexity index is 826. The first-order chi connectivity index (χ1) is 12.3. The van der Waals surface area contributed by atoms with E-state index in [4.69, 9.17) is 16.0 Å². The van der Waals surface area contributed by atoms with Crippen molar-refractivity contribution >= 4 is 28.2 Å². The highest BCUT2D eigenvalue weighted by Gasteiger charge is 2.21. The Labute approximate surface area is 152 Å². The summed E-state index contributed by atoms with van der Waals surface area (Å²) in [6.45, 7) is 0.884. The first kappa shape index (κ1) is 16.4. The Hall–Kier alpha value is -2.04. The normalized spacial score (nSPS) is 20.7. The average molecular weight is 356 g/mol. The molecule has 0 aliphatic heterocycles. The van der Waals surface area contributed by atoms with E-state index >= 15 is 0 Å². The van der Waals surface area contributed by atoms with Crippen LogP contribution in [-0.2, 0) is 6.54 Å². The molecule has 0 unspecified atom stereocenters. The van der Waals surface area contributed by atoms with Gasteiger partial charge in [0.15, 0.2) is 0 Å². The van der Waals surface area contributed by atoms with E-state index in [1.807, 2.05) is 30.5 Å². The highest BCUT2D eigenvalue weighted by atomic mass is 35.5. The van der Waals surface area contributed by atoms with E-state index in [1.165, 1.54) is 31.2 Å². The number of pyridine rings is 1. The molecular formula is C20H22ClN3O. The molecule has 3 aromatic rings. The number of benzene rings is 1. The zero-order chi connectivity index (χ0) is 17.1. The summed E-state index contributed by atoms with van der Waals surface area (Å²) < 4.78 is 5.12. The lowest BCUT2D eigenvalue weighted by molar-refractivity contribution is 0.352. The molecular weight excluding hydrogens is 334 g/mol. The molecule has 2 N–H and O–H groups in total. The third-order valence-corrected chi connectivity index (χ3v) is 5.20. The summed E-state index contributed by atoms with van der Waals surface area (Å²) in [6.07, 6.45) is 10.1. The van der Waals surface area contributed by atoms with Crippen LogP contribution in [0.3, 0.4) is 0 Å². The van der Waals surface area contributed by atoms with Crippen molar-refractivity contribution in [2.24, 2.45) is 0 Å². The smallest absolute Gasteiger partial charge is 0.0947 e. The van der Waals surface area contributed by atoms with E-state index in [2.05, 4.69) is 21.7 Å². The second-order valence-electron chi connectivity index (χ2n) is 6.73. The minimum atomic E-state index is 0.508. The van der Waals surface area contributed by atoms with E-state index in [0.29, 0.717) is 12.1 Å². The van der Waals surface area contributed by atoms with Crippen molar-refractivity contribution in [2.75, 3.05) is 5.32 Å². The van der Waals surface area contributed by atoms with Gasteiger partial charge in [0, 0.05) is 46.5 Å². The number of fused-ring (bicyclic) bond motifs is 1. The molecule has 4 nitrogen and oxygen atoms in total. The van der Waals surface area contributed by atoms with Gasteiger partial charge in [-0.05, 0) is 56.0 Å². The second-order valence-corrected chi connectivity index (χ2v) is 7.16. The summed E-state index contributed by atoms with van der Waals surface area (Å²) in [4.78, 5) is 4.41. The summed E-state index contributed by atoms with van der Waals surface area (Å²) in [7, 11) is 0. The van der Waals surface area contributed by atoms with Gasteiger partial charge in [-0.2, -0.15) is 0 Å². The molecule has 25 heavy (non-hydrogen) atoms. The topological polar surface area (TPSA) is 50.1 Å². The van der Waals surface area contributed by atoms with Crippen molar-refractivity contribution in [3.8, 4) is 0 Å². The van der Waals surface area contributed by atoms with Crippen LogP contribution >= 0.6 is 11.6 Å². The zero-order valence-electron chi connectivity index (χ0n) is 14.0. The Morgan fingerprint density at radius 1 is 1.08 bits per heavy atom. The molecule has 4 rings (SSSR count). The molecule has 2 heterocycles. The summed E-state index contributed by atoms with van der Waals surface area (Å²) in [5, 5.41) is 9.19. The molecule has 0 saturated heterocycles. The highest BCUT2D eigenvalue weighted by Crippen LogP contribution is 2.28. The SMILES string of the molecule is Clc1ccc2c(N[C@H]3CC[C@@H](NCc4ccoc4)CC3)ccnc2c1. The standard InChI is InChI=1S/C20H22ClN3O/c21-15-1-6-18-19(7-9-22-20(18)11-15)24-17-4-2-16(3-5-17)23-12-14-8-10-25-13-14/h1,6-11,13,16-17,23H,2-5,12H2,(H,22,24)/t16-,17+. The lowest BCUT2D eigenvalue weighted by atomic mass is 9.90. The van der Waals surface area contributed by atoms with Gasteiger partial charge < -0.3 is 15.1 Å². The summed E-state index contributed by atoms with van der Waals surface area (Å²) in [6, 6.07) is 11.0. The first-order valence-corrected chi connectivity index (χ1v) is 9.21. The molecule has 130 valence electrons. The quantitative estimate of drug-likeness (QED) is 0.676. The van der Waals surface area contributed by atoms with Crippen molar-refractivity contribution < 1.29 is 4.42 Å². The van der Waals surface area contributed by atoms with Gasteiger partial charge in [0.05, 0.1) is 18.0 Å². The number of aromatic nitrogens is 1. The Balaban J connectivity index is 1.34. The molecule has 1 aliphatic carbocycles. The van der Waals surface area contributed by atoms with Crippen molar-refractivity contribution in [1.82, 2.24) is 10.3 Å². The molecule has 2 aromatic heterocycles. The fraction of sp³-hybridized carbons (Fsp3) is 0.350. The number of halogens is 1. The average Bonchev–Trinajstić information content (AvgIpc) is 3.15. The van der Waals surface area contributed by atoms with Crippen molar-refractivity contribution in [3.05, 3.63) is 59.6 Å². The summed E-state index contributed by atoms with van der Waals surface area (Å²) >= 11 is 6.07. The summed E-state index contributed by atoms with van der Waals surface area (Å²) in [5.74, 6) is 0. The van der Waals surface area contributed by atoms with Crippen molar-refractivity contribution in [2.45, 2.75) is 44.3 Å². The van der Waals surface area contributed by atoms with Crippen LogP contribution < -0.4 is 10.6 Å². The number of furan rings is 1. The van der Waals surface area contributed by atoms with Crippen LogP contribution in [0.4, 0.5) is 5.69 Å². The number of nitrogens with zero attached hydrogens (tertiary/aromatic N) is 1. The van der Waals surface area contributed by atoms with Crippen molar-refractivity contribution in [1.29, 1.82) is 0 Å². The Morgan fingerprint density at radius 3 is 2.72 bits per heavy atom. The van der Waals surface area contributed by atoms with Crippen molar-refractivity contribution in [3.63, 3.8) is 0 Å². The molecule has 1 aromatic carbocycles. The van der Waals surface area contributed by atoms with Gasteiger partial charge in [0.2, 0.25) is 0 Å². The van der Waals surface area contributed by atoms with Crippen LogP contribution in [0, 0.1) is 0 Å². The number of anilines is 1. The van der Waals surface area contributed by atoms with Crippen LogP contribution in [0.2, 0.25) is 5.02 Å². The Kier molecular flexibility index (Phi) is 4.90. The van der Waals surface area contributed by atoms with Gasteiger partial charge in [-0.25, -0.2) is 0 Å². The van der Waals surface area contributed by atoms with Gasteiger partial charge in [-0.15, -0.1) is 0 Å². The van der Waals surface area contributed by atoms with Crippen LogP contribution in [0.5, 0.6) is 0 Å². The third-order valence-electron chi connectivity index (χ3n) is 4.97. The molecule has 1 fully saturated rings. The maximum Gasteiger partial charge on any atom is 0.0947 e. The number of hydrogen-bond donors (Lipinski definition) is 2. The molecule has 1 saturated carbocycles. The fourth-order valence-corrected chi connectivity index (χ4v) is 3.73. The maximum atomic E-state index is 6.07. The van der Waals surface area contributed by atoms with Crippen LogP contribution in [0.15, 0.2) is 53.5 Å². The maximum absolute atomic E-state index is 6.07. The fourth-order valence-electron chi connectivity index (χ4n) is 3.56. The van der Waals surface area contributed by atoms with Gasteiger partial charge in [0.1, 0.15) is 0 Å². The van der Waals surface area contributed by atoms with E-state index in [0.717, 1.165) is 28.2 Å². The minimum Gasteiger partial charge on any atom is -0.472 e. The molecule has 0 spiro atoms. The van der Waals surface area contributed by atoms with E-state index in [9.17, 15) is 0 Å². The van der Waals surface area contributed by atoms with E-state index < -0.39 is 0 Å². The molecule has 0 amide bonds. The molecule has 0 atom stereocenters.